The van der Waals surface area contributed by atoms with Crippen molar-refractivity contribution in [1.29, 1.82) is 0 Å². The number of hydrogen-bond acceptors (Lipinski definition) is 7. The van der Waals surface area contributed by atoms with E-state index in [0.29, 0.717) is 23.8 Å². The fourth-order valence-electron chi connectivity index (χ4n) is 3.95. The number of aromatic nitrogens is 6. The van der Waals surface area contributed by atoms with Crippen LogP contribution in [0.3, 0.4) is 0 Å². The van der Waals surface area contributed by atoms with E-state index in [1.165, 1.54) is 0 Å². The molecule has 0 bridgehead atoms. The van der Waals surface area contributed by atoms with Gasteiger partial charge in [-0.2, -0.15) is 21.3 Å². The van der Waals surface area contributed by atoms with E-state index in [1.54, 1.807) is 17.7 Å². The van der Waals surface area contributed by atoms with Crippen LogP contribution in [0, 0.1) is 0 Å². The van der Waals surface area contributed by atoms with Gasteiger partial charge >= 0.3 is 0 Å². The van der Waals surface area contributed by atoms with Crippen LogP contribution in [0.4, 0.5) is 11.8 Å². The van der Waals surface area contributed by atoms with Gasteiger partial charge in [0.1, 0.15) is 12.2 Å². The van der Waals surface area contributed by atoms with Crippen LogP contribution in [0.25, 0.3) is 27.9 Å². The summed E-state index contributed by atoms with van der Waals surface area (Å²) in [5.41, 5.74) is 5.58. The second kappa shape index (κ2) is 8.60. The molecule has 6 rings (SSSR count). The highest BCUT2D eigenvalue weighted by Gasteiger charge is 2.17. The maximum atomic E-state index is 4.83. The molecule has 0 aliphatic carbocycles. The van der Waals surface area contributed by atoms with Gasteiger partial charge in [-0.05, 0) is 36.1 Å². The number of imidazole rings is 2. The highest BCUT2D eigenvalue weighted by molar-refractivity contribution is 7.08. The third kappa shape index (κ3) is 3.86. The van der Waals surface area contributed by atoms with Gasteiger partial charge < -0.3 is 15.6 Å². The zero-order chi connectivity index (χ0) is 22.9. The molecular formula is C25H22N8S. The van der Waals surface area contributed by atoms with Crippen LogP contribution in [0.2, 0.25) is 0 Å². The van der Waals surface area contributed by atoms with Crippen molar-refractivity contribution in [2.45, 2.75) is 19.5 Å². The van der Waals surface area contributed by atoms with Gasteiger partial charge in [-0.15, -0.1) is 0 Å². The van der Waals surface area contributed by atoms with Crippen molar-refractivity contribution in [3.8, 4) is 5.69 Å². The molecule has 3 N–H and O–H groups in total. The van der Waals surface area contributed by atoms with Gasteiger partial charge in [0.05, 0.1) is 29.3 Å². The van der Waals surface area contributed by atoms with E-state index in [1.807, 2.05) is 52.4 Å². The van der Waals surface area contributed by atoms with E-state index < -0.39 is 0 Å². The Morgan fingerprint density at radius 2 is 1.85 bits per heavy atom. The first-order valence-corrected chi connectivity index (χ1v) is 12.0. The summed E-state index contributed by atoms with van der Waals surface area (Å²) < 4.78 is 1.98. The number of nitrogens with one attached hydrogen (secondary N) is 3. The quantitative estimate of drug-likeness (QED) is 0.286. The first kappa shape index (κ1) is 20.4. The molecule has 168 valence electrons. The molecule has 2 aromatic carbocycles. The molecule has 9 heteroatoms. The van der Waals surface area contributed by atoms with Crippen molar-refractivity contribution in [3.63, 3.8) is 0 Å². The standard InChI is InChI=1S/C25H22N8S/c1-16(17-7-3-2-4-8-17)28-25-31-23(26-13-21-29-19-9-5-6-10-20(19)30-21)22-24(32-25)33(15-27-22)18-11-12-34-14-18/h2-12,14-16H,13H2,1H3,(H,29,30)(H2,26,28,31,32)/t16-/m1/s1. The van der Waals surface area contributed by atoms with E-state index >= 15 is 0 Å². The molecule has 8 nitrogen and oxygen atoms in total. The molecule has 0 aliphatic rings. The van der Waals surface area contributed by atoms with Crippen molar-refractivity contribution < 1.29 is 0 Å². The molecule has 4 heterocycles. The smallest absolute Gasteiger partial charge is 0.227 e. The number of H-pyrrole nitrogens is 1. The largest absolute Gasteiger partial charge is 0.361 e. The van der Waals surface area contributed by atoms with Crippen molar-refractivity contribution >= 4 is 45.3 Å². The number of fused-ring (bicyclic) bond motifs is 2. The summed E-state index contributed by atoms with van der Waals surface area (Å²) in [6, 6.07) is 20.3. The zero-order valence-electron chi connectivity index (χ0n) is 18.4. The third-order valence-electron chi connectivity index (χ3n) is 5.69. The van der Waals surface area contributed by atoms with E-state index in [0.717, 1.165) is 33.8 Å². The SMILES string of the molecule is C[C@@H](Nc1nc(NCc2nc3ccccc3[nH]2)c2ncn(-c3ccsc3)c2n1)c1ccccc1. The lowest BCUT2D eigenvalue weighted by molar-refractivity contribution is 0.861. The second-order valence-corrected chi connectivity index (χ2v) is 8.78. The molecule has 0 saturated carbocycles. The molecule has 0 amide bonds. The molecule has 0 fully saturated rings. The maximum Gasteiger partial charge on any atom is 0.227 e. The summed E-state index contributed by atoms with van der Waals surface area (Å²) in [7, 11) is 0. The summed E-state index contributed by atoms with van der Waals surface area (Å²) in [6.45, 7) is 2.58. The Hall–Kier alpha value is -4.24. The topological polar surface area (TPSA) is 96.3 Å². The average molecular weight is 467 g/mol. The summed E-state index contributed by atoms with van der Waals surface area (Å²) in [5, 5.41) is 11.0. The van der Waals surface area contributed by atoms with Crippen molar-refractivity contribution in [1.82, 2.24) is 29.5 Å². The van der Waals surface area contributed by atoms with E-state index in [9.17, 15) is 0 Å². The van der Waals surface area contributed by atoms with E-state index in [-0.39, 0.29) is 6.04 Å². The van der Waals surface area contributed by atoms with Crippen LogP contribution in [0.1, 0.15) is 24.4 Å². The van der Waals surface area contributed by atoms with Crippen molar-refractivity contribution in [2.75, 3.05) is 10.6 Å². The number of thiophene rings is 1. The number of nitrogens with zero attached hydrogens (tertiary/aromatic N) is 5. The summed E-state index contributed by atoms with van der Waals surface area (Å²) in [4.78, 5) is 22.3. The highest BCUT2D eigenvalue weighted by Crippen LogP contribution is 2.26. The van der Waals surface area contributed by atoms with Crippen LogP contribution in [0.5, 0.6) is 0 Å². The number of hydrogen-bond donors (Lipinski definition) is 3. The Morgan fingerprint density at radius 3 is 2.68 bits per heavy atom. The van der Waals surface area contributed by atoms with Crippen LogP contribution >= 0.6 is 11.3 Å². The Kier molecular flexibility index (Phi) is 5.15. The number of rotatable bonds is 7. The van der Waals surface area contributed by atoms with Gasteiger partial charge in [0.2, 0.25) is 5.95 Å². The van der Waals surface area contributed by atoms with Gasteiger partial charge in [0.25, 0.3) is 0 Å². The minimum Gasteiger partial charge on any atom is -0.361 e. The lowest BCUT2D eigenvalue weighted by atomic mass is 10.1. The minimum absolute atomic E-state index is 0.0411. The fourth-order valence-corrected chi connectivity index (χ4v) is 4.57. The molecule has 1 atom stereocenters. The predicted molar refractivity (Wildman–Crippen MR) is 136 cm³/mol. The lowest BCUT2D eigenvalue weighted by Gasteiger charge is -2.15. The molecule has 34 heavy (non-hydrogen) atoms. The summed E-state index contributed by atoms with van der Waals surface area (Å²) in [6.07, 6.45) is 1.79. The van der Waals surface area contributed by atoms with Gasteiger partial charge in [-0.3, -0.25) is 4.57 Å². The molecule has 0 unspecified atom stereocenters. The molecule has 0 aliphatic heterocycles. The van der Waals surface area contributed by atoms with Crippen LogP contribution in [-0.4, -0.2) is 29.5 Å². The zero-order valence-corrected chi connectivity index (χ0v) is 19.3. The number of anilines is 2. The van der Waals surface area contributed by atoms with Gasteiger partial charge in [-0.25, -0.2) is 9.97 Å². The van der Waals surface area contributed by atoms with Gasteiger partial charge in [0, 0.05) is 5.38 Å². The molecule has 0 spiro atoms. The predicted octanol–water partition coefficient (Wildman–Crippen LogP) is 5.54. The summed E-state index contributed by atoms with van der Waals surface area (Å²) in [5.74, 6) is 2.02. The summed E-state index contributed by atoms with van der Waals surface area (Å²) >= 11 is 1.64. The number of benzene rings is 2. The van der Waals surface area contributed by atoms with Gasteiger partial charge in [-0.1, -0.05) is 42.5 Å². The van der Waals surface area contributed by atoms with Crippen molar-refractivity contribution in [3.05, 3.63) is 89.1 Å². The first-order valence-electron chi connectivity index (χ1n) is 11.0. The third-order valence-corrected chi connectivity index (χ3v) is 6.36. The second-order valence-electron chi connectivity index (χ2n) is 8.00. The monoisotopic (exact) mass is 466 g/mol. The lowest BCUT2D eigenvalue weighted by Crippen LogP contribution is -2.12. The molecule has 0 radical (unpaired) electrons. The molecule has 4 aromatic heterocycles. The molecular weight excluding hydrogens is 444 g/mol. The first-order chi connectivity index (χ1) is 16.7. The number of aromatic amines is 1. The van der Waals surface area contributed by atoms with Crippen LogP contribution in [-0.2, 0) is 6.54 Å². The Labute approximate surface area is 199 Å². The fraction of sp³-hybridized carbons (Fsp3) is 0.120. The minimum atomic E-state index is 0.0411. The molecule has 6 aromatic rings. The average Bonchev–Trinajstić information content (AvgIpc) is 3.62. The van der Waals surface area contributed by atoms with Gasteiger partial charge in [0.15, 0.2) is 17.0 Å². The van der Waals surface area contributed by atoms with E-state index in [4.69, 9.17) is 9.97 Å². The van der Waals surface area contributed by atoms with E-state index in [2.05, 4.69) is 56.1 Å². The normalized spacial score (nSPS) is 12.3. The highest BCUT2D eigenvalue weighted by atomic mass is 32.1. The molecule has 0 saturated heterocycles. The Balaban J connectivity index is 1.36. The Morgan fingerprint density at radius 1 is 1.00 bits per heavy atom. The van der Waals surface area contributed by atoms with Crippen LogP contribution in [0.15, 0.2) is 77.8 Å². The number of para-hydroxylation sites is 2. The maximum absolute atomic E-state index is 4.83. The Bertz CT molecular complexity index is 1520. The van der Waals surface area contributed by atoms with Crippen LogP contribution < -0.4 is 10.6 Å². The van der Waals surface area contributed by atoms with Crippen molar-refractivity contribution in [2.24, 2.45) is 0 Å².